The lowest BCUT2D eigenvalue weighted by atomic mass is 9.76. The van der Waals surface area contributed by atoms with E-state index >= 15 is 0 Å². The average molecular weight is 1140 g/mol. The van der Waals surface area contributed by atoms with Gasteiger partial charge in [-0.2, -0.15) is 4.58 Å². The first-order chi connectivity index (χ1) is 36.5. The molecule has 0 aromatic heterocycles. The van der Waals surface area contributed by atoms with Crippen LogP contribution in [0.3, 0.4) is 0 Å². The number of hydroxylamine groups is 2. The standard InChI is InChI=1S/C51H69N3O20S3/c1-50(20-10-36-75(58,59)60)41-37-39(76(61,62)63)13-15-43(41)52(22-26-68-4)45(50)11-8-6-5-7-9-12-46-51(2,21-25-67-3)42-38-40(77(64,65)66)14-16-44(42)53(46)23-27-70-29-31-72-33-35-73-34-32-71-30-28-69-24-19-49(57)74-54-47(55)17-18-48(54)56/h5-9,11-16,37-38H,10,17-36H2,1-4H3,(H2-,58,59,60,61,62,63,64,65,66)/p-2. The van der Waals surface area contributed by atoms with Crippen LogP contribution in [0.2, 0.25) is 0 Å². The van der Waals surface area contributed by atoms with Gasteiger partial charge in [0.2, 0.25) is 5.69 Å². The molecule has 26 heteroatoms. The molecule has 3 aliphatic rings. The molecule has 5 rings (SSSR count). The Hall–Kier alpha value is -5.07. The summed E-state index contributed by atoms with van der Waals surface area (Å²) in [5.74, 6) is -2.48. The summed E-state index contributed by atoms with van der Waals surface area (Å²) in [4.78, 5) is 40.9. The Morgan fingerprint density at radius 1 is 0.649 bits per heavy atom. The lowest BCUT2D eigenvalue weighted by molar-refractivity contribution is -0.441. The maximum Gasteiger partial charge on any atom is 0.335 e. The van der Waals surface area contributed by atoms with E-state index in [2.05, 4.69) is 0 Å². The molecule has 23 nitrogen and oxygen atoms in total. The van der Waals surface area contributed by atoms with Crippen LogP contribution >= 0.6 is 0 Å². The fourth-order valence-electron chi connectivity index (χ4n) is 9.06. The van der Waals surface area contributed by atoms with Crippen molar-refractivity contribution in [3.8, 4) is 0 Å². The molecule has 0 saturated carbocycles. The number of anilines is 1. The van der Waals surface area contributed by atoms with E-state index in [1.165, 1.54) is 37.4 Å². The van der Waals surface area contributed by atoms with Crippen LogP contribution in [0.25, 0.3) is 0 Å². The smallest absolute Gasteiger partial charge is 0.335 e. The van der Waals surface area contributed by atoms with Crippen LogP contribution < -0.4 is 4.90 Å². The summed E-state index contributed by atoms with van der Waals surface area (Å²) in [5, 5.41) is 0.491. The lowest BCUT2D eigenvalue weighted by Crippen LogP contribution is -2.32. The summed E-state index contributed by atoms with van der Waals surface area (Å²) in [6, 6.07) is 8.36. The van der Waals surface area contributed by atoms with E-state index < -0.39 is 69.6 Å². The third-order valence-electron chi connectivity index (χ3n) is 12.9. The molecule has 2 aromatic carbocycles. The first-order valence-corrected chi connectivity index (χ1v) is 29.2. The number of amides is 2. The van der Waals surface area contributed by atoms with Gasteiger partial charge in [0.15, 0.2) is 12.3 Å². The van der Waals surface area contributed by atoms with E-state index in [4.69, 9.17) is 38.0 Å². The van der Waals surface area contributed by atoms with E-state index in [0.29, 0.717) is 85.8 Å². The third-order valence-corrected chi connectivity index (χ3v) is 15.4. The van der Waals surface area contributed by atoms with Gasteiger partial charge in [-0.15, -0.1) is 5.06 Å². The van der Waals surface area contributed by atoms with Crippen LogP contribution in [0.1, 0.15) is 63.5 Å². The quantitative estimate of drug-likeness (QED) is 0.0314. The van der Waals surface area contributed by atoms with Crippen molar-refractivity contribution >= 4 is 65.2 Å². The second-order valence-corrected chi connectivity index (χ2v) is 22.5. The van der Waals surface area contributed by atoms with Crippen molar-refractivity contribution in [1.29, 1.82) is 0 Å². The molecule has 3 heterocycles. The van der Waals surface area contributed by atoms with Gasteiger partial charge in [0.1, 0.15) is 26.8 Å². The molecule has 77 heavy (non-hydrogen) atoms. The van der Waals surface area contributed by atoms with Crippen LogP contribution in [0.5, 0.6) is 0 Å². The van der Waals surface area contributed by atoms with Crippen LogP contribution in [0.15, 0.2) is 94.4 Å². The number of rotatable bonds is 35. The lowest BCUT2D eigenvalue weighted by Gasteiger charge is -2.30. The number of methoxy groups -OCH3 is 2. The second kappa shape index (κ2) is 29.2. The van der Waals surface area contributed by atoms with E-state index in [1.807, 2.05) is 28.6 Å². The Morgan fingerprint density at radius 3 is 1.75 bits per heavy atom. The molecule has 426 valence electrons. The Morgan fingerprint density at radius 2 is 1.18 bits per heavy atom. The molecule has 2 amide bonds. The van der Waals surface area contributed by atoms with Gasteiger partial charge in [0.05, 0.1) is 97.8 Å². The van der Waals surface area contributed by atoms with Gasteiger partial charge < -0.3 is 56.6 Å². The van der Waals surface area contributed by atoms with Gasteiger partial charge in [-0.3, -0.25) is 9.59 Å². The van der Waals surface area contributed by atoms with Gasteiger partial charge in [-0.25, -0.2) is 30.0 Å². The molecule has 0 spiro atoms. The van der Waals surface area contributed by atoms with E-state index in [9.17, 15) is 53.3 Å². The van der Waals surface area contributed by atoms with Gasteiger partial charge in [-0.1, -0.05) is 30.4 Å². The molecular weight excluding hydrogens is 1070 g/mol. The molecule has 2 aromatic rings. The first kappa shape index (κ1) is 62.8. The number of carbonyl (C=O) groups excluding carboxylic acids is 3. The zero-order valence-corrected chi connectivity index (χ0v) is 46.0. The molecule has 0 aliphatic carbocycles. The largest absolute Gasteiger partial charge is 0.748 e. The van der Waals surface area contributed by atoms with Crippen LogP contribution in [0.4, 0.5) is 11.4 Å². The predicted octanol–water partition coefficient (Wildman–Crippen LogP) is 3.27. The maximum atomic E-state index is 12.2. The van der Waals surface area contributed by atoms with Crippen LogP contribution in [-0.4, -0.2) is 184 Å². The minimum Gasteiger partial charge on any atom is -0.748 e. The molecule has 2 unspecified atom stereocenters. The number of hydrogen-bond acceptors (Lipinski definition) is 21. The molecule has 1 saturated heterocycles. The zero-order chi connectivity index (χ0) is 56.3. The van der Waals surface area contributed by atoms with E-state index in [-0.39, 0.29) is 83.2 Å². The molecule has 2 atom stereocenters. The number of ether oxygens (including phenoxy) is 7. The SMILES string of the molecule is COCC[N+]1=C(/C=C/C=C/C=C/C=C2/N(CCOCCOCCOCCOCCOCCC(=O)ON3C(=O)CCC3=O)c3ccc(S(=O)(=O)[O-])cc3C2(C)CCOC)C(C)(CCCS(=O)(=O)[O-])c2cc(S(=O)(=O)[O-])ccc21. The molecule has 0 radical (unpaired) electrons. The zero-order valence-electron chi connectivity index (χ0n) is 43.6. The highest BCUT2D eigenvalue weighted by Gasteiger charge is 2.48. The Labute approximate surface area is 450 Å². The van der Waals surface area contributed by atoms with Crippen LogP contribution in [-0.2, 0) is 93.6 Å². The van der Waals surface area contributed by atoms with Crippen molar-refractivity contribution in [2.24, 2.45) is 0 Å². The first-order valence-electron chi connectivity index (χ1n) is 24.8. The Kier molecular flexibility index (Phi) is 23.8. The van der Waals surface area contributed by atoms with Crippen molar-refractivity contribution in [3.63, 3.8) is 0 Å². The van der Waals surface area contributed by atoms with Gasteiger partial charge >= 0.3 is 5.97 Å². The molecule has 1 fully saturated rings. The Bertz CT molecular complexity index is 2870. The average Bonchev–Trinajstić information content (AvgIpc) is 4.04. The van der Waals surface area contributed by atoms with E-state index in [0.717, 1.165) is 5.70 Å². The second-order valence-electron chi connectivity index (χ2n) is 18.3. The molecule has 0 bridgehead atoms. The minimum absolute atomic E-state index is 0.0175. The topological polar surface area (TPSA) is 306 Å². The van der Waals surface area contributed by atoms with Crippen molar-refractivity contribution in [2.75, 3.05) is 117 Å². The number of allylic oxidation sites excluding steroid dienone is 8. The molecular formula is C51H67N3O20S3-2. The predicted molar refractivity (Wildman–Crippen MR) is 274 cm³/mol. The molecule has 3 aliphatic heterocycles. The minimum atomic E-state index is -4.84. The van der Waals surface area contributed by atoms with Crippen molar-refractivity contribution in [2.45, 2.75) is 73.0 Å². The highest BCUT2D eigenvalue weighted by atomic mass is 32.2. The number of nitrogens with zero attached hydrogens (tertiary/aromatic N) is 3. The van der Waals surface area contributed by atoms with Crippen molar-refractivity contribution < 1.29 is 95.9 Å². The number of imide groups is 1. The fourth-order valence-corrected chi connectivity index (χ4v) is 10.5. The summed E-state index contributed by atoms with van der Waals surface area (Å²) in [6.45, 7) is 7.55. The summed E-state index contributed by atoms with van der Waals surface area (Å²) >= 11 is 0. The van der Waals surface area contributed by atoms with Crippen molar-refractivity contribution in [1.82, 2.24) is 5.06 Å². The van der Waals surface area contributed by atoms with Gasteiger partial charge in [-0.05, 0) is 75.1 Å². The number of carbonyl (C=O) groups is 3. The maximum absolute atomic E-state index is 12.2. The molecule has 0 N–H and O–H groups in total. The third kappa shape index (κ3) is 18.0. The summed E-state index contributed by atoms with van der Waals surface area (Å²) in [7, 11) is -11.1. The number of fused-ring (bicyclic) bond motifs is 2. The Balaban J connectivity index is 1.17. The summed E-state index contributed by atoms with van der Waals surface area (Å²) in [6.07, 6.45) is 13.0. The normalized spacial score (nSPS) is 19.6. The monoisotopic (exact) mass is 1140 g/mol. The highest BCUT2D eigenvalue weighted by Crippen LogP contribution is 2.51. The number of benzene rings is 2. The highest BCUT2D eigenvalue weighted by molar-refractivity contribution is 7.86. The fraction of sp³-hybridized carbons (Fsp3) is 0.529. The number of hydrogen-bond donors (Lipinski definition) is 0. The van der Waals surface area contributed by atoms with E-state index in [1.54, 1.807) is 50.5 Å². The summed E-state index contributed by atoms with van der Waals surface area (Å²) < 4.78 is 148. The van der Waals surface area contributed by atoms with Crippen LogP contribution in [0, 0.1) is 0 Å². The van der Waals surface area contributed by atoms with Gasteiger partial charge in [0.25, 0.3) is 11.8 Å². The van der Waals surface area contributed by atoms with Crippen molar-refractivity contribution in [3.05, 3.63) is 95.8 Å². The van der Waals surface area contributed by atoms with Gasteiger partial charge in [0, 0.05) is 80.5 Å². The summed E-state index contributed by atoms with van der Waals surface area (Å²) in [5.41, 5.74) is 2.06.